The molecular weight excluding hydrogens is 288 g/mol. The molecule has 23 heavy (non-hydrogen) atoms. The van der Waals surface area contributed by atoms with Crippen molar-refractivity contribution in [3.63, 3.8) is 0 Å². The molecule has 0 aliphatic heterocycles. The molecule has 1 heterocycles. The molecule has 116 valence electrons. The average Bonchev–Trinajstić information content (AvgIpc) is 2.60. The van der Waals surface area contributed by atoms with Gasteiger partial charge in [0, 0.05) is 11.6 Å². The first kappa shape index (κ1) is 15.0. The third-order valence-corrected chi connectivity index (χ3v) is 3.62. The quantitative estimate of drug-likeness (QED) is 0.785. The van der Waals surface area contributed by atoms with Crippen molar-refractivity contribution < 1.29 is 9.53 Å². The summed E-state index contributed by atoms with van der Waals surface area (Å²) in [5.74, 6) is 0.514. The van der Waals surface area contributed by atoms with E-state index in [4.69, 9.17) is 4.74 Å². The molecule has 4 heteroatoms. The van der Waals surface area contributed by atoms with Crippen molar-refractivity contribution in [1.29, 1.82) is 0 Å². The third kappa shape index (κ3) is 3.86. The Morgan fingerprint density at radius 3 is 2.78 bits per heavy atom. The zero-order valence-electron chi connectivity index (χ0n) is 12.9. The average molecular weight is 306 g/mol. The molecule has 1 amide bonds. The van der Waals surface area contributed by atoms with Gasteiger partial charge in [0.05, 0.1) is 11.6 Å². The molecule has 0 aliphatic rings. The lowest BCUT2D eigenvalue weighted by molar-refractivity contribution is -0.123. The predicted octanol–water partition coefficient (Wildman–Crippen LogP) is 3.49. The van der Waals surface area contributed by atoms with Crippen LogP contribution in [0.5, 0.6) is 5.75 Å². The second-order valence-corrected chi connectivity index (χ2v) is 5.35. The fourth-order valence-corrected chi connectivity index (χ4v) is 2.40. The lowest BCUT2D eigenvalue weighted by Gasteiger charge is -2.14. The molecule has 0 bridgehead atoms. The molecule has 0 saturated heterocycles. The van der Waals surface area contributed by atoms with Gasteiger partial charge in [-0.2, -0.15) is 0 Å². The van der Waals surface area contributed by atoms with Gasteiger partial charge >= 0.3 is 0 Å². The second kappa shape index (κ2) is 6.92. The van der Waals surface area contributed by atoms with Crippen molar-refractivity contribution in [2.24, 2.45) is 0 Å². The van der Waals surface area contributed by atoms with Crippen LogP contribution in [0.1, 0.15) is 18.5 Å². The molecule has 3 rings (SSSR count). The lowest BCUT2D eigenvalue weighted by Crippen LogP contribution is -2.31. The van der Waals surface area contributed by atoms with Crippen LogP contribution < -0.4 is 10.1 Å². The molecule has 1 atom stereocenters. The van der Waals surface area contributed by atoms with Crippen LogP contribution in [0.4, 0.5) is 0 Å². The first-order chi connectivity index (χ1) is 11.2. The molecule has 0 radical (unpaired) electrons. The second-order valence-electron chi connectivity index (χ2n) is 5.35. The van der Waals surface area contributed by atoms with Gasteiger partial charge < -0.3 is 10.1 Å². The Hall–Kier alpha value is -2.88. The van der Waals surface area contributed by atoms with Gasteiger partial charge in [-0.15, -0.1) is 0 Å². The zero-order valence-corrected chi connectivity index (χ0v) is 12.9. The lowest BCUT2D eigenvalue weighted by atomic mass is 10.1. The van der Waals surface area contributed by atoms with Crippen LogP contribution in [0, 0.1) is 0 Å². The summed E-state index contributed by atoms with van der Waals surface area (Å²) in [4.78, 5) is 16.3. The number of pyridine rings is 1. The number of carbonyl (C=O) groups is 1. The summed E-state index contributed by atoms with van der Waals surface area (Å²) in [6.45, 7) is 1.94. The first-order valence-corrected chi connectivity index (χ1v) is 7.54. The van der Waals surface area contributed by atoms with Crippen molar-refractivity contribution in [2.45, 2.75) is 13.0 Å². The summed E-state index contributed by atoms with van der Waals surface area (Å²) in [6, 6.07) is 19.2. The van der Waals surface area contributed by atoms with Crippen LogP contribution in [0.15, 0.2) is 66.9 Å². The number of fused-ring (bicyclic) bond motifs is 1. The number of hydrogen-bond acceptors (Lipinski definition) is 3. The van der Waals surface area contributed by atoms with E-state index in [2.05, 4.69) is 10.3 Å². The normalized spacial score (nSPS) is 11.9. The van der Waals surface area contributed by atoms with E-state index < -0.39 is 0 Å². The maximum absolute atomic E-state index is 12.0. The highest BCUT2D eigenvalue weighted by atomic mass is 16.5. The Kier molecular flexibility index (Phi) is 4.52. The molecular formula is C19H18N2O2. The Labute approximate surface area is 135 Å². The first-order valence-electron chi connectivity index (χ1n) is 7.54. The van der Waals surface area contributed by atoms with E-state index in [0.717, 1.165) is 16.5 Å². The number of aromatic nitrogens is 1. The van der Waals surface area contributed by atoms with Crippen molar-refractivity contribution in [1.82, 2.24) is 10.3 Å². The van der Waals surface area contributed by atoms with Gasteiger partial charge in [-0.3, -0.25) is 9.78 Å². The Balaban J connectivity index is 1.57. The van der Waals surface area contributed by atoms with E-state index >= 15 is 0 Å². The van der Waals surface area contributed by atoms with Gasteiger partial charge in [0.2, 0.25) is 0 Å². The van der Waals surface area contributed by atoms with Crippen molar-refractivity contribution in [3.8, 4) is 5.75 Å². The van der Waals surface area contributed by atoms with Crippen LogP contribution in [0.2, 0.25) is 0 Å². The summed E-state index contributed by atoms with van der Waals surface area (Å²) in [5.41, 5.74) is 1.97. The van der Waals surface area contributed by atoms with Crippen molar-refractivity contribution >= 4 is 16.8 Å². The standard InChI is InChI=1S/C19H18N2O2/c1-14(15-6-3-2-4-7-15)21-19(22)13-23-17-9-10-18-16(12-17)8-5-11-20-18/h2-12,14H,13H2,1H3,(H,21,22). The zero-order chi connectivity index (χ0) is 16.1. The van der Waals surface area contributed by atoms with Crippen LogP contribution in [0.25, 0.3) is 10.9 Å². The fraction of sp³-hybridized carbons (Fsp3) is 0.158. The number of hydrogen-bond donors (Lipinski definition) is 1. The van der Waals surface area contributed by atoms with E-state index in [1.54, 1.807) is 6.20 Å². The molecule has 0 fully saturated rings. The minimum atomic E-state index is -0.146. The van der Waals surface area contributed by atoms with Gasteiger partial charge in [-0.05, 0) is 36.8 Å². The molecule has 1 N–H and O–H groups in total. The highest BCUT2D eigenvalue weighted by Gasteiger charge is 2.09. The molecule has 0 aliphatic carbocycles. The number of rotatable bonds is 5. The number of nitrogens with zero attached hydrogens (tertiary/aromatic N) is 1. The van der Waals surface area contributed by atoms with E-state index in [1.165, 1.54) is 0 Å². The maximum atomic E-state index is 12.0. The highest BCUT2D eigenvalue weighted by molar-refractivity contribution is 5.80. The van der Waals surface area contributed by atoms with Crippen molar-refractivity contribution in [3.05, 3.63) is 72.4 Å². The number of nitrogens with one attached hydrogen (secondary N) is 1. The largest absolute Gasteiger partial charge is 0.484 e. The van der Waals surface area contributed by atoms with E-state index in [0.29, 0.717) is 5.75 Å². The van der Waals surface area contributed by atoms with E-state index in [-0.39, 0.29) is 18.6 Å². The maximum Gasteiger partial charge on any atom is 0.258 e. The molecule has 0 saturated carbocycles. The summed E-state index contributed by atoms with van der Waals surface area (Å²) < 4.78 is 5.57. The molecule has 1 aromatic heterocycles. The third-order valence-electron chi connectivity index (χ3n) is 3.62. The van der Waals surface area contributed by atoms with Gasteiger partial charge in [0.25, 0.3) is 5.91 Å². The Morgan fingerprint density at radius 1 is 1.13 bits per heavy atom. The summed E-state index contributed by atoms with van der Waals surface area (Å²) >= 11 is 0. The number of benzene rings is 2. The van der Waals surface area contributed by atoms with Gasteiger partial charge in [-0.1, -0.05) is 36.4 Å². The number of amides is 1. The van der Waals surface area contributed by atoms with E-state index in [9.17, 15) is 4.79 Å². The molecule has 0 spiro atoms. The van der Waals surface area contributed by atoms with E-state index in [1.807, 2.05) is 67.6 Å². The highest BCUT2D eigenvalue weighted by Crippen LogP contribution is 2.19. The minimum Gasteiger partial charge on any atom is -0.484 e. The van der Waals surface area contributed by atoms with Gasteiger partial charge in [0.15, 0.2) is 6.61 Å². The Bertz CT molecular complexity index is 803. The molecule has 4 nitrogen and oxygen atoms in total. The molecule has 2 aromatic carbocycles. The fourth-order valence-electron chi connectivity index (χ4n) is 2.40. The van der Waals surface area contributed by atoms with Crippen LogP contribution >= 0.6 is 0 Å². The molecule has 3 aromatic rings. The van der Waals surface area contributed by atoms with Crippen LogP contribution in [-0.4, -0.2) is 17.5 Å². The Morgan fingerprint density at radius 2 is 1.96 bits per heavy atom. The summed E-state index contributed by atoms with van der Waals surface area (Å²) in [7, 11) is 0. The smallest absolute Gasteiger partial charge is 0.258 e. The van der Waals surface area contributed by atoms with Gasteiger partial charge in [-0.25, -0.2) is 0 Å². The van der Waals surface area contributed by atoms with Gasteiger partial charge in [0.1, 0.15) is 5.75 Å². The minimum absolute atomic E-state index is 0.0110. The van der Waals surface area contributed by atoms with Crippen molar-refractivity contribution in [2.75, 3.05) is 6.61 Å². The predicted molar refractivity (Wildman–Crippen MR) is 90.2 cm³/mol. The number of carbonyl (C=O) groups excluding carboxylic acids is 1. The SMILES string of the molecule is CC(NC(=O)COc1ccc2ncccc2c1)c1ccccc1. The summed E-state index contributed by atoms with van der Waals surface area (Å²) in [5, 5.41) is 3.92. The van der Waals surface area contributed by atoms with Crippen LogP contribution in [0.3, 0.4) is 0 Å². The number of ether oxygens (including phenoxy) is 1. The topological polar surface area (TPSA) is 51.2 Å². The summed E-state index contributed by atoms with van der Waals surface area (Å²) in [6.07, 6.45) is 1.75. The monoisotopic (exact) mass is 306 g/mol. The van der Waals surface area contributed by atoms with Crippen LogP contribution in [-0.2, 0) is 4.79 Å². The molecule has 1 unspecified atom stereocenters.